The van der Waals surface area contributed by atoms with Crippen LogP contribution in [0.4, 0.5) is 8.78 Å². The van der Waals surface area contributed by atoms with Crippen molar-refractivity contribution in [2.75, 3.05) is 7.11 Å². The average molecular weight is 223 g/mol. The van der Waals surface area contributed by atoms with Crippen molar-refractivity contribution in [3.8, 4) is 0 Å². The molecule has 0 amide bonds. The summed E-state index contributed by atoms with van der Waals surface area (Å²) in [6.45, 7) is 1.79. The highest BCUT2D eigenvalue weighted by atomic mass is 19.3. The van der Waals surface area contributed by atoms with Crippen molar-refractivity contribution in [1.29, 1.82) is 0 Å². The van der Waals surface area contributed by atoms with Crippen LogP contribution in [0.2, 0.25) is 0 Å². The summed E-state index contributed by atoms with van der Waals surface area (Å²) in [7, 11) is 1.52. The van der Waals surface area contributed by atoms with Crippen LogP contribution >= 0.6 is 0 Å². The minimum atomic E-state index is -2.73. The molecular formula is C10H19F2NO2. The van der Waals surface area contributed by atoms with E-state index in [-0.39, 0.29) is 18.9 Å². The SMILES string of the molecule is COC(C)CC1(O)CCC(F)(F)CC1N. The Balaban J connectivity index is 2.62. The first-order valence-electron chi connectivity index (χ1n) is 5.18. The van der Waals surface area contributed by atoms with Gasteiger partial charge in [-0.05, 0) is 13.3 Å². The highest BCUT2D eigenvalue weighted by molar-refractivity contribution is 4.99. The molecule has 15 heavy (non-hydrogen) atoms. The Kier molecular flexibility index (Phi) is 3.68. The summed E-state index contributed by atoms with van der Waals surface area (Å²) in [5.41, 5.74) is 4.40. The van der Waals surface area contributed by atoms with Gasteiger partial charge in [-0.15, -0.1) is 0 Å². The maximum Gasteiger partial charge on any atom is 0.249 e. The van der Waals surface area contributed by atoms with Gasteiger partial charge in [-0.3, -0.25) is 0 Å². The lowest BCUT2D eigenvalue weighted by molar-refractivity contribution is -0.129. The van der Waals surface area contributed by atoms with E-state index in [4.69, 9.17) is 10.5 Å². The fraction of sp³-hybridized carbons (Fsp3) is 1.00. The Labute approximate surface area is 88.6 Å². The molecule has 1 aliphatic rings. The molecule has 1 fully saturated rings. The number of nitrogens with two attached hydrogens (primary N) is 1. The van der Waals surface area contributed by atoms with Gasteiger partial charge in [0.25, 0.3) is 0 Å². The van der Waals surface area contributed by atoms with Gasteiger partial charge in [0.15, 0.2) is 0 Å². The smallest absolute Gasteiger partial charge is 0.249 e. The molecule has 3 unspecified atom stereocenters. The molecule has 1 rings (SSSR count). The van der Waals surface area contributed by atoms with Gasteiger partial charge in [0, 0.05) is 32.4 Å². The van der Waals surface area contributed by atoms with E-state index in [1.807, 2.05) is 0 Å². The summed E-state index contributed by atoms with van der Waals surface area (Å²) >= 11 is 0. The fourth-order valence-electron chi connectivity index (χ4n) is 2.03. The van der Waals surface area contributed by atoms with Crippen LogP contribution in [-0.2, 0) is 4.74 Å². The number of aliphatic hydroxyl groups is 1. The highest BCUT2D eigenvalue weighted by Crippen LogP contribution is 2.40. The van der Waals surface area contributed by atoms with Gasteiger partial charge < -0.3 is 15.6 Å². The molecule has 0 radical (unpaired) electrons. The molecule has 0 spiro atoms. The average Bonchev–Trinajstić information content (AvgIpc) is 2.12. The predicted molar refractivity (Wildman–Crippen MR) is 52.8 cm³/mol. The minimum absolute atomic E-state index is 0.0366. The van der Waals surface area contributed by atoms with Crippen LogP contribution in [0.15, 0.2) is 0 Å². The topological polar surface area (TPSA) is 55.5 Å². The van der Waals surface area contributed by atoms with E-state index in [0.717, 1.165) is 0 Å². The molecule has 0 saturated heterocycles. The Morgan fingerprint density at radius 3 is 2.60 bits per heavy atom. The lowest BCUT2D eigenvalue weighted by Crippen LogP contribution is -2.56. The first-order valence-corrected chi connectivity index (χ1v) is 5.18. The Hall–Kier alpha value is -0.260. The van der Waals surface area contributed by atoms with Gasteiger partial charge in [0.05, 0.1) is 11.7 Å². The molecule has 0 aliphatic heterocycles. The van der Waals surface area contributed by atoms with Gasteiger partial charge in [-0.1, -0.05) is 0 Å². The normalized spacial score (nSPS) is 37.6. The summed E-state index contributed by atoms with van der Waals surface area (Å²) < 4.78 is 31.0. The van der Waals surface area contributed by atoms with Crippen molar-refractivity contribution in [1.82, 2.24) is 0 Å². The van der Waals surface area contributed by atoms with E-state index in [0.29, 0.717) is 6.42 Å². The van der Waals surface area contributed by atoms with Crippen LogP contribution in [0, 0.1) is 0 Å². The zero-order chi connectivity index (χ0) is 11.7. The quantitative estimate of drug-likeness (QED) is 0.758. The Morgan fingerprint density at radius 2 is 2.13 bits per heavy atom. The highest BCUT2D eigenvalue weighted by Gasteiger charge is 2.48. The number of halogens is 2. The molecule has 90 valence electrons. The van der Waals surface area contributed by atoms with Crippen molar-refractivity contribution in [2.45, 2.75) is 56.3 Å². The third-order valence-corrected chi connectivity index (χ3v) is 3.18. The summed E-state index contributed by atoms with van der Waals surface area (Å²) in [6, 6.07) is -0.876. The Bertz CT molecular complexity index is 225. The van der Waals surface area contributed by atoms with E-state index in [1.165, 1.54) is 7.11 Å². The van der Waals surface area contributed by atoms with Crippen molar-refractivity contribution < 1.29 is 18.6 Å². The lowest BCUT2D eigenvalue weighted by Gasteiger charge is -2.42. The predicted octanol–water partition coefficient (Wildman–Crippen LogP) is 1.29. The van der Waals surface area contributed by atoms with Crippen molar-refractivity contribution in [3.63, 3.8) is 0 Å². The number of ether oxygens (including phenoxy) is 1. The second-order valence-electron chi connectivity index (χ2n) is 4.52. The van der Waals surface area contributed by atoms with E-state index >= 15 is 0 Å². The van der Waals surface area contributed by atoms with Gasteiger partial charge in [-0.2, -0.15) is 0 Å². The lowest BCUT2D eigenvalue weighted by atomic mass is 9.76. The minimum Gasteiger partial charge on any atom is -0.388 e. The molecule has 3 nitrogen and oxygen atoms in total. The molecular weight excluding hydrogens is 204 g/mol. The molecule has 0 bridgehead atoms. The molecule has 5 heteroatoms. The van der Waals surface area contributed by atoms with Gasteiger partial charge in [0.1, 0.15) is 0 Å². The van der Waals surface area contributed by atoms with Gasteiger partial charge in [0.2, 0.25) is 5.92 Å². The summed E-state index contributed by atoms with van der Waals surface area (Å²) in [6.07, 6.45) is -0.573. The van der Waals surface area contributed by atoms with E-state index in [9.17, 15) is 13.9 Å². The van der Waals surface area contributed by atoms with Crippen LogP contribution in [0.25, 0.3) is 0 Å². The number of alkyl halides is 2. The van der Waals surface area contributed by atoms with Crippen LogP contribution in [-0.4, -0.2) is 35.9 Å². The van der Waals surface area contributed by atoms with Crippen LogP contribution in [0.5, 0.6) is 0 Å². The first-order chi connectivity index (χ1) is 6.79. The molecule has 1 saturated carbocycles. The second kappa shape index (κ2) is 4.31. The monoisotopic (exact) mass is 223 g/mol. The van der Waals surface area contributed by atoms with E-state index < -0.39 is 24.0 Å². The van der Waals surface area contributed by atoms with Crippen molar-refractivity contribution >= 4 is 0 Å². The Morgan fingerprint density at radius 1 is 1.53 bits per heavy atom. The van der Waals surface area contributed by atoms with Crippen molar-refractivity contribution in [2.24, 2.45) is 5.73 Å². The standard InChI is InChI=1S/C10H19F2NO2/c1-7(15-2)5-9(14)3-4-10(11,12)6-8(9)13/h7-8,14H,3-6,13H2,1-2H3. The molecule has 0 aromatic carbocycles. The molecule has 0 aromatic rings. The zero-order valence-electron chi connectivity index (χ0n) is 9.17. The first kappa shape index (κ1) is 12.8. The third-order valence-electron chi connectivity index (χ3n) is 3.18. The number of methoxy groups -OCH3 is 1. The zero-order valence-corrected chi connectivity index (χ0v) is 9.17. The van der Waals surface area contributed by atoms with Crippen molar-refractivity contribution in [3.05, 3.63) is 0 Å². The summed E-state index contributed by atoms with van der Waals surface area (Å²) in [5.74, 6) is -2.73. The number of rotatable bonds is 3. The number of hydrogen-bond acceptors (Lipinski definition) is 3. The summed E-state index contributed by atoms with van der Waals surface area (Å²) in [4.78, 5) is 0. The maximum absolute atomic E-state index is 13.0. The third kappa shape index (κ3) is 3.09. The van der Waals surface area contributed by atoms with Gasteiger partial charge in [-0.25, -0.2) is 8.78 Å². The van der Waals surface area contributed by atoms with Crippen LogP contribution < -0.4 is 5.73 Å². The molecule has 0 aromatic heterocycles. The number of hydrogen-bond donors (Lipinski definition) is 2. The molecule has 0 heterocycles. The van der Waals surface area contributed by atoms with E-state index in [1.54, 1.807) is 6.92 Å². The largest absolute Gasteiger partial charge is 0.388 e. The molecule has 1 aliphatic carbocycles. The van der Waals surface area contributed by atoms with E-state index in [2.05, 4.69) is 0 Å². The second-order valence-corrected chi connectivity index (χ2v) is 4.52. The molecule has 3 N–H and O–H groups in total. The van der Waals surface area contributed by atoms with Crippen LogP contribution in [0.1, 0.15) is 32.6 Å². The van der Waals surface area contributed by atoms with Crippen LogP contribution in [0.3, 0.4) is 0 Å². The maximum atomic E-state index is 13.0. The molecule has 3 atom stereocenters. The summed E-state index contributed by atoms with van der Waals surface area (Å²) in [5, 5.41) is 10.1. The fourth-order valence-corrected chi connectivity index (χ4v) is 2.03. The van der Waals surface area contributed by atoms with Gasteiger partial charge >= 0.3 is 0 Å².